The van der Waals surface area contributed by atoms with E-state index in [1.54, 1.807) is 4.90 Å². The second kappa shape index (κ2) is 3.40. The predicted octanol–water partition coefficient (Wildman–Crippen LogP) is 1.97. The van der Waals surface area contributed by atoms with Crippen molar-refractivity contribution in [3.05, 3.63) is 0 Å². The predicted molar refractivity (Wildman–Crippen MR) is 56.8 cm³/mol. The molecule has 1 saturated carbocycles. The summed E-state index contributed by atoms with van der Waals surface area (Å²) in [4.78, 5) is 13.7. The van der Waals surface area contributed by atoms with Crippen molar-refractivity contribution < 1.29 is 22.7 Å². The van der Waals surface area contributed by atoms with E-state index < -0.39 is 17.5 Å². The van der Waals surface area contributed by atoms with Crippen LogP contribution in [0.25, 0.3) is 0 Å². The summed E-state index contributed by atoms with van der Waals surface area (Å²) < 4.78 is 43.1. The van der Waals surface area contributed by atoms with Gasteiger partial charge in [0.15, 0.2) is 0 Å². The first-order valence-corrected chi connectivity index (χ1v) is 6.27. The Kier molecular flexibility index (Phi) is 2.32. The maximum atomic E-state index is 12.6. The molecular formula is C12H16F3NO2. The number of carbonyl (C=O) groups is 1. The van der Waals surface area contributed by atoms with Crippen LogP contribution in [-0.4, -0.2) is 42.3 Å². The van der Waals surface area contributed by atoms with Gasteiger partial charge in [-0.3, -0.25) is 4.79 Å². The molecule has 1 amide bonds. The second-order valence-corrected chi connectivity index (χ2v) is 5.98. The second-order valence-electron chi connectivity index (χ2n) is 5.98. The molecule has 3 nitrogen and oxygen atoms in total. The number of hydrogen-bond acceptors (Lipinski definition) is 2. The molecule has 2 heterocycles. The first-order valence-electron chi connectivity index (χ1n) is 6.27. The third kappa shape index (κ3) is 1.81. The number of amides is 1. The lowest BCUT2D eigenvalue weighted by molar-refractivity contribution is -0.164. The van der Waals surface area contributed by atoms with Gasteiger partial charge in [0, 0.05) is 13.1 Å². The lowest BCUT2D eigenvalue weighted by atomic mass is 9.95. The number of likely N-dealkylation sites (tertiary alicyclic amines) is 1. The highest BCUT2D eigenvalue weighted by Crippen LogP contribution is 2.61. The molecule has 1 spiro atoms. The number of ether oxygens (including phenoxy) is 1. The molecule has 3 fully saturated rings. The Labute approximate surface area is 103 Å². The van der Waals surface area contributed by atoms with Gasteiger partial charge in [0.1, 0.15) is 0 Å². The fourth-order valence-corrected chi connectivity index (χ4v) is 2.95. The van der Waals surface area contributed by atoms with E-state index in [0.29, 0.717) is 13.1 Å². The number of carbonyl (C=O) groups excluding carboxylic acids is 1. The van der Waals surface area contributed by atoms with Gasteiger partial charge in [-0.05, 0) is 19.3 Å². The van der Waals surface area contributed by atoms with Crippen molar-refractivity contribution in [3.63, 3.8) is 0 Å². The van der Waals surface area contributed by atoms with Crippen LogP contribution in [0.4, 0.5) is 13.2 Å². The van der Waals surface area contributed by atoms with Gasteiger partial charge in [0.25, 0.3) is 0 Å². The van der Waals surface area contributed by atoms with Gasteiger partial charge in [-0.25, -0.2) is 0 Å². The minimum atomic E-state index is -4.25. The Hall–Kier alpha value is -0.780. The van der Waals surface area contributed by atoms with Gasteiger partial charge < -0.3 is 9.64 Å². The Bertz CT molecular complexity index is 381. The summed E-state index contributed by atoms with van der Waals surface area (Å²) in [6, 6.07) is 0. The number of hydrogen-bond donors (Lipinski definition) is 0. The molecule has 0 unspecified atom stereocenters. The highest BCUT2D eigenvalue weighted by atomic mass is 19.4. The molecule has 2 aliphatic heterocycles. The van der Waals surface area contributed by atoms with E-state index >= 15 is 0 Å². The molecule has 0 aromatic carbocycles. The topological polar surface area (TPSA) is 32.8 Å². The summed E-state index contributed by atoms with van der Waals surface area (Å²) in [6.45, 7) is 3.22. The maximum absolute atomic E-state index is 12.6. The van der Waals surface area contributed by atoms with Crippen molar-refractivity contribution in [1.82, 2.24) is 4.90 Å². The van der Waals surface area contributed by atoms with E-state index in [4.69, 9.17) is 4.74 Å². The van der Waals surface area contributed by atoms with Gasteiger partial charge in [-0.1, -0.05) is 6.92 Å². The average molecular weight is 263 g/mol. The molecule has 0 N–H and O–H groups in total. The Morgan fingerprint density at radius 1 is 1.33 bits per heavy atom. The highest BCUT2D eigenvalue weighted by Gasteiger charge is 2.68. The van der Waals surface area contributed by atoms with E-state index in [2.05, 4.69) is 0 Å². The largest absolute Gasteiger partial charge is 0.392 e. The number of halogens is 3. The van der Waals surface area contributed by atoms with Gasteiger partial charge >= 0.3 is 6.18 Å². The molecule has 2 atom stereocenters. The molecule has 0 aromatic rings. The van der Waals surface area contributed by atoms with Crippen molar-refractivity contribution in [3.8, 4) is 0 Å². The number of rotatable bonds is 1. The normalized spacial score (nSPS) is 37.8. The molecule has 0 radical (unpaired) electrons. The van der Waals surface area contributed by atoms with Crippen LogP contribution >= 0.6 is 0 Å². The molecule has 0 aromatic heterocycles. The first kappa shape index (κ1) is 12.3. The Morgan fingerprint density at radius 2 is 1.89 bits per heavy atom. The molecule has 1 aliphatic carbocycles. The van der Waals surface area contributed by atoms with Crippen LogP contribution in [-0.2, 0) is 9.53 Å². The molecule has 102 valence electrons. The van der Waals surface area contributed by atoms with Crippen molar-refractivity contribution in [2.45, 2.75) is 38.0 Å². The minimum absolute atomic E-state index is 0.0509. The highest BCUT2D eigenvalue weighted by molar-refractivity contribution is 5.86. The van der Waals surface area contributed by atoms with Crippen LogP contribution in [0.2, 0.25) is 0 Å². The number of piperidine rings is 1. The van der Waals surface area contributed by atoms with Gasteiger partial charge in [-0.2, -0.15) is 13.2 Å². The Morgan fingerprint density at radius 3 is 2.28 bits per heavy atom. The third-order valence-corrected chi connectivity index (χ3v) is 4.64. The molecule has 18 heavy (non-hydrogen) atoms. The standard InChI is InChI=1S/C12H16F3NO2/c1-10(6-8(10)12(13,14)15)9(17)16-4-2-11(3-5-16)7-18-11/h8H,2-7H2,1H3/t8-,10-/m0/s1. The van der Waals surface area contributed by atoms with E-state index in [-0.39, 0.29) is 17.9 Å². The van der Waals surface area contributed by atoms with Crippen LogP contribution in [0.5, 0.6) is 0 Å². The minimum Gasteiger partial charge on any atom is -0.369 e. The summed E-state index contributed by atoms with van der Waals surface area (Å²) in [7, 11) is 0. The number of alkyl halides is 3. The summed E-state index contributed by atoms with van der Waals surface area (Å²) in [5, 5.41) is 0. The van der Waals surface area contributed by atoms with Gasteiger partial charge in [0.2, 0.25) is 5.91 Å². The summed E-state index contributed by atoms with van der Waals surface area (Å²) in [6.07, 6.45) is -2.80. The quantitative estimate of drug-likeness (QED) is 0.678. The van der Waals surface area contributed by atoms with E-state index in [0.717, 1.165) is 19.4 Å². The zero-order valence-corrected chi connectivity index (χ0v) is 10.2. The lowest BCUT2D eigenvalue weighted by Crippen LogP contribution is -2.45. The molecule has 0 bridgehead atoms. The molecule has 3 aliphatic rings. The Balaban J connectivity index is 1.62. The fourth-order valence-electron chi connectivity index (χ4n) is 2.95. The van der Waals surface area contributed by atoms with Crippen LogP contribution in [0.15, 0.2) is 0 Å². The summed E-state index contributed by atoms with van der Waals surface area (Å²) in [5.41, 5.74) is -1.27. The number of epoxide rings is 1. The SMILES string of the molecule is C[C@]1(C(=O)N2CCC3(CC2)CO3)C[C@@H]1C(F)(F)F. The summed E-state index contributed by atoms with van der Waals surface area (Å²) >= 11 is 0. The van der Waals surface area contributed by atoms with Gasteiger partial charge in [-0.15, -0.1) is 0 Å². The van der Waals surface area contributed by atoms with Crippen LogP contribution in [0.3, 0.4) is 0 Å². The van der Waals surface area contributed by atoms with E-state index in [1.807, 2.05) is 0 Å². The molecular weight excluding hydrogens is 247 g/mol. The van der Waals surface area contributed by atoms with Crippen LogP contribution < -0.4 is 0 Å². The average Bonchev–Trinajstić information content (AvgIpc) is 3.17. The zero-order valence-electron chi connectivity index (χ0n) is 10.2. The van der Waals surface area contributed by atoms with Crippen molar-refractivity contribution in [2.75, 3.05) is 19.7 Å². The third-order valence-electron chi connectivity index (χ3n) is 4.64. The molecule has 2 saturated heterocycles. The van der Waals surface area contributed by atoms with Crippen LogP contribution in [0, 0.1) is 11.3 Å². The fraction of sp³-hybridized carbons (Fsp3) is 0.917. The smallest absolute Gasteiger partial charge is 0.369 e. The molecule has 3 rings (SSSR count). The molecule has 6 heteroatoms. The monoisotopic (exact) mass is 263 g/mol. The van der Waals surface area contributed by atoms with Gasteiger partial charge in [0.05, 0.1) is 23.5 Å². The first-order chi connectivity index (χ1) is 8.27. The zero-order chi connectivity index (χ0) is 13.2. The van der Waals surface area contributed by atoms with E-state index in [1.165, 1.54) is 6.92 Å². The lowest BCUT2D eigenvalue weighted by Gasteiger charge is -2.32. The van der Waals surface area contributed by atoms with Crippen molar-refractivity contribution in [1.29, 1.82) is 0 Å². The van der Waals surface area contributed by atoms with Crippen LogP contribution in [0.1, 0.15) is 26.2 Å². The number of nitrogens with zero attached hydrogens (tertiary/aromatic N) is 1. The van der Waals surface area contributed by atoms with E-state index in [9.17, 15) is 18.0 Å². The van der Waals surface area contributed by atoms with Crippen molar-refractivity contribution in [2.24, 2.45) is 11.3 Å². The summed E-state index contributed by atoms with van der Waals surface area (Å²) in [5.74, 6) is -1.79. The maximum Gasteiger partial charge on any atom is 0.392 e. The van der Waals surface area contributed by atoms with Crippen molar-refractivity contribution >= 4 is 5.91 Å².